The van der Waals surface area contributed by atoms with E-state index in [0.29, 0.717) is 6.61 Å². The molecule has 0 amide bonds. The minimum absolute atomic E-state index is 0.211. The van der Waals surface area contributed by atoms with Gasteiger partial charge in [0.25, 0.3) is 0 Å². The van der Waals surface area contributed by atoms with Crippen LogP contribution in [0.3, 0.4) is 0 Å². The van der Waals surface area contributed by atoms with Crippen molar-refractivity contribution in [1.29, 1.82) is 0 Å². The summed E-state index contributed by atoms with van der Waals surface area (Å²) in [5, 5.41) is 3.49. The summed E-state index contributed by atoms with van der Waals surface area (Å²) < 4.78 is 12.4. The van der Waals surface area contributed by atoms with Crippen LogP contribution in [0.4, 0.5) is 5.69 Å². The van der Waals surface area contributed by atoms with E-state index in [1.54, 1.807) is 0 Å². The predicted molar refractivity (Wildman–Crippen MR) is 84.1 cm³/mol. The maximum Gasteiger partial charge on any atom is 0.142 e. The molecule has 21 heavy (non-hydrogen) atoms. The monoisotopic (exact) mass is 287 g/mol. The fourth-order valence-corrected chi connectivity index (χ4v) is 4.18. The summed E-state index contributed by atoms with van der Waals surface area (Å²) >= 11 is 0. The Morgan fingerprint density at radius 1 is 1.19 bits per heavy atom. The molecule has 3 nitrogen and oxygen atoms in total. The number of hydrogen-bond acceptors (Lipinski definition) is 3. The molecule has 1 aromatic rings. The van der Waals surface area contributed by atoms with Crippen molar-refractivity contribution in [3.8, 4) is 5.75 Å². The second kappa shape index (κ2) is 5.53. The van der Waals surface area contributed by atoms with E-state index in [2.05, 4.69) is 23.5 Å². The Bertz CT molecular complexity index is 508. The zero-order valence-corrected chi connectivity index (χ0v) is 12.7. The van der Waals surface area contributed by atoms with Crippen molar-refractivity contribution in [1.82, 2.24) is 0 Å². The first-order chi connectivity index (χ1) is 10.3. The number of aryl methyl sites for hydroxylation is 1. The van der Waals surface area contributed by atoms with E-state index in [0.717, 1.165) is 25.1 Å². The molecule has 114 valence electrons. The van der Waals surface area contributed by atoms with Crippen molar-refractivity contribution in [3.63, 3.8) is 0 Å². The summed E-state index contributed by atoms with van der Waals surface area (Å²) in [7, 11) is 0. The van der Waals surface area contributed by atoms with E-state index >= 15 is 0 Å². The third kappa shape index (κ3) is 2.64. The zero-order valence-electron chi connectivity index (χ0n) is 12.7. The molecule has 0 radical (unpaired) electrons. The van der Waals surface area contributed by atoms with Crippen LogP contribution in [0.25, 0.3) is 0 Å². The number of benzene rings is 1. The van der Waals surface area contributed by atoms with Gasteiger partial charge in [-0.15, -0.1) is 0 Å². The minimum atomic E-state index is 0.211. The van der Waals surface area contributed by atoms with Gasteiger partial charge in [-0.3, -0.25) is 0 Å². The molecule has 1 saturated heterocycles. The van der Waals surface area contributed by atoms with Gasteiger partial charge in [0.05, 0.1) is 17.4 Å². The van der Waals surface area contributed by atoms with E-state index in [9.17, 15) is 0 Å². The van der Waals surface area contributed by atoms with Crippen molar-refractivity contribution in [3.05, 3.63) is 23.8 Å². The van der Waals surface area contributed by atoms with Crippen LogP contribution >= 0.6 is 0 Å². The highest BCUT2D eigenvalue weighted by Gasteiger charge is 2.42. The number of nitrogens with one attached hydrogen (secondary N) is 1. The van der Waals surface area contributed by atoms with Crippen LogP contribution in [0.2, 0.25) is 0 Å². The number of fused-ring (bicyclic) bond motifs is 1. The lowest BCUT2D eigenvalue weighted by Crippen LogP contribution is -2.27. The number of ether oxygens (including phenoxy) is 2. The van der Waals surface area contributed by atoms with Crippen molar-refractivity contribution in [2.24, 2.45) is 0 Å². The fourth-order valence-electron chi connectivity index (χ4n) is 4.18. The van der Waals surface area contributed by atoms with Gasteiger partial charge in [0.2, 0.25) is 0 Å². The number of anilines is 1. The molecule has 1 aromatic carbocycles. The Morgan fingerprint density at radius 2 is 2.10 bits per heavy atom. The SMILES string of the molecule is c1cc2c(c(OCC3CCC4(CCCC4)O3)c1)NCCC2. The first-order valence-corrected chi connectivity index (χ1v) is 8.51. The molecule has 1 unspecified atom stereocenters. The number of para-hydroxylation sites is 1. The average molecular weight is 287 g/mol. The normalized spacial score (nSPS) is 26.6. The van der Waals surface area contributed by atoms with Gasteiger partial charge < -0.3 is 14.8 Å². The van der Waals surface area contributed by atoms with Crippen molar-refractivity contribution < 1.29 is 9.47 Å². The van der Waals surface area contributed by atoms with Gasteiger partial charge in [-0.2, -0.15) is 0 Å². The molecule has 4 rings (SSSR count). The first kappa shape index (κ1) is 13.4. The summed E-state index contributed by atoms with van der Waals surface area (Å²) in [4.78, 5) is 0. The third-order valence-electron chi connectivity index (χ3n) is 5.32. The highest BCUT2D eigenvalue weighted by molar-refractivity contribution is 5.63. The summed E-state index contributed by atoms with van der Waals surface area (Å²) in [6.07, 6.45) is 10.2. The van der Waals surface area contributed by atoms with Crippen LogP contribution in [0, 0.1) is 0 Å². The molecule has 3 heteroatoms. The molecule has 3 aliphatic rings. The van der Waals surface area contributed by atoms with Gasteiger partial charge in [-0.25, -0.2) is 0 Å². The largest absolute Gasteiger partial charge is 0.489 e. The quantitative estimate of drug-likeness (QED) is 0.914. The van der Waals surface area contributed by atoms with E-state index in [1.807, 2.05) is 0 Å². The van der Waals surface area contributed by atoms with Gasteiger partial charge in [-0.05, 0) is 50.2 Å². The van der Waals surface area contributed by atoms with Gasteiger partial charge in [-0.1, -0.05) is 25.0 Å². The van der Waals surface area contributed by atoms with E-state index in [1.165, 1.54) is 49.8 Å². The maximum atomic E-state index is 6.33. The Kier molecular flexibility index (Phi) is 3.54. The Morgan fingerprint density at radius 3 is 3.00 bits per heavy atom. The number of hydrogen-bond donors (Lipinski definition) is 1. The second-order valence-corrected chi connectivity index (χ2v) is 6.80. The molecular formula is C18H25NO2. The summed E-state index contributed by atoms with van der Waals surface area (Å²) in [6.45, 7) is 1.75. The van der Waals surface area contributed by atoms with E-state index in [4.69, 9.17) is 9.47 Å². The van der Waals surface area contributed by atoms with Crippen LogP contribution in [0.15, 0.2) is 18.2 Å². The lowest BCUT2D eigenvalue weighted by Gasteiger charge is -2.25. The standard InChI is InChI=1S/C18H25NO2/c1-2-10-18(9-1)11-8-15(21-18)13-20-16-7-3-5-14-6-4-12-19-17(14)16/h3,5,7,15,19H,1-2,4,6,8-13H2. The Hall–Kier alpha value is -1.22. The smallest absolute Gasteiger partial charge is 0.142 e. The summed E-state index contributed by atoms with van der Waals surface area (Å²) in [6, 6.07) is 6.39. The van der Waals surface area contributed by atoms with E-state index < -0.39 is 0 Å². The Labute approximate surface area is 127 Å². The molecule has 2 fully saturated rings. The van der Waals surface area contributed by atoms with Gasteiger partial charge in [0.1, 0.15) is 12.4 Å². The molecule has 1 aliphatic carbocycles. The first-order valence-electron chi connectivity index (χ1n) is 8.51. The topological polar surface area (TPSA) is 30.5 Å². The summed E-state index contributed by atoms with van der Waals surface area (Å²) in [5.41, 5.74) is 2.80. The van der Waals surface area contributed by atoms with Crippen LogP contribution < -0.4 is 10.1 Å². The van der Waals surface area contributed by atoms with Crippen molar-refractivity contribution in [2.75, 3.05) is 18.5 Å². The molecule has 1 atom stereocenters. The third-order valence-corrected chi connectivity index (χ3v) is 5.32. The lowest BCUT2D eigenvalue weighted by molar-refractivity contribution is -0.0508. The van der Waals surface area contributed by atoms with Crippen molar-refractivity contribution >= 4 is 5.69 Å². The zero-order chi connectivity index (χ0) is 14.1. The van der Waals surface area contributed by atoms with E-state index in [-0.39, 0.29) is 11.7 Å². The molecule has 1 N–H and O–H groups in total. The van der Waals surface area contributed by atoms with Crippen LogP contribution in [-0.4, -0.2) is 24.9 Å². The van der Waals surface area contributed by atoms with Crippen LogP contribution in [0.5, 0.6) is 5.75 Å². The molecule has 2 aliphatic heterocycles. The molecule has 2 heterocycles. The molecule has 1 spiro atoms. The average Bonchev–Trinajstić information content (AvgIpc) is 3.15. The van der Waals surface area contributed by atoms with Crippen LogP contribution in [-0.2, 0) is 11.2 Å². The fraction of sp³-hybridized carbons (Fsp3) is 0.667. The number of rotatable bonds is 3. The molecule has 1 saturated carbocycles. The molecular weight excluding hydrogens is 262 g/mol. The molecule has 0 bridgehead atoms. The summed E-state index contributed by atoms with van der Waals surface area (Å²) in [5.74, 6) is 1.00. The predicted octanol–water partition coefficient (Wildman–Crippen LogP) is 3.92. The lowest BCUT2D eigenvalue weighted by atomic mass is 9.98. The van der Waals surface area contributed by atoms with Gasteiger partial charge in [0.15, 0.2) is 0 Å². The minimum Gasteiger partial charge on any atom is -0.489 e. The van der Waals surface area contributed by atoms with Gasteiger partial charge >= 0.3 is 0 Å². The highest BCUT2D eigenvalue weighted by atomic mass is 16.6. The molecule has 0 aromatic heterocycles. The van der Waals surface area contributed by atoms with Gasteiger partial charge in [0, 0.05) is 6.54 Å². The van der Waals surface area contributed by atoms with Crippen molar-refractivity contribution in [2.45, 2.75) is 63.1 Å². The Balaban J connectivity index is 1.39. The highest BCUT2D eigenvalue weighted by Crippen LogP contribution is 2.43. The maximum absolute atomic E-state index is 6.33. The second-order valence-electron chi connectivity index (χ2n) is 6.80. The van der Waals surface area contributed by atoms with Crippen LogP contribution in [0.1, 0.15) is 50.5 Å².